The van der Waals surface area contributed by atoms with E-state index >= 15 is 0 Å². The van der Waals surface area contributed by atoms with Gasteiger partial charge in [0.1, 0.15) is 36.0 Å². The predicted molar refractivity (Wildman–Crippen MR) is 228 cm³/mol. The van der Waals surface area contributed by atoms with Crippen LogP contribution in [-0.4, -0.2) is 117 Å². The topological polar surface area (TPSA) is 262 Å². The van der Waals surface area contributed by atoms with Gasteiger partial charge in [0.25, 0.3) is 5.91 Å². The molecule has 6 amide bonds. The van der Waals surface area contributed by atoms with Crippen LogP contribution in [0.25, 0.3) is 22.5 Å². The fourth-order valence-electron chi connectivity index (χ4n) is 7.97. The van der Waals surface area contributed by atoms with E-state index in [0.29, 0.717) is 85.4 Å². The van der Waals surface area contributed by atoms with Crippen LogP contribution in [0.15, 0.2) is 24.5 Å². The summed E-state index contributed by atoms with van der Waals surface area (Å²) in [6, 6.07) is -2.50. The van der Waals surface area contributed by atoms with Gasteiger partial charge in [-0.3, -0.25) is 28.8 Å². The van der Waals surface area contributed by atoms with E-state index in [2.05, 4.69) is 52.5 Å². The highest BCUT2D eigenvalue weighted by molar-refractivity contribution is 5.97. The third kappa shape index (κ3) is 11.7. The number of carbonyl (C=O) groups excluding carboxylic acids is 6. The molecule has 3 bridgehead atoms. The molecule has 20 heteroatoms. The molecule has 0 radical (unpaired) electrons. The van der Waals surface area contributed by atoms with Crippen LogP contribution in [0.3, 0.4) is 0 Å². The number of methoxy groups -OCH3 is 1. The van der Waals surface area contributed by atoms with Gasteiger partial charge in [-0.15, -0.1) is 10.2 Å². The summed E-state index contributed by atoms with van der Waals surface area (Å²) < 4.78 is 9.54. The number of nitrogens with two attached hydrogens (primary N) is 1. The molecule has 0 fully saturated rings. The molecule has 0 aliphatic carbocycles. The van der Waals surface area contributed by atoms with Crippen molar-refractivity contribution in [2.45, 2.75) is 135 Å². The monoisotopic (exact) mass is 863 g/mol. The molecular formula is C42H64N13O7+. The average molecular weight is 863 g/mol. The van der Waals surface area contributed by atoms with E-state index in [1.54, 1.807) is 33.9 Å². The van der Waals surface area contributed by atoms with Crippen molar-refractivity contribution in [3.8, 4) is 28.3 Å². The van der Waals surface area contributed by atoms with Gasteiger partial charge < -0.3 is 42.0 Å². The number of ether oxygens (including phenoxy) is 1. The molecule has 338 valence electrons. The largest absolute Gasteiger partial charge is 0.495 e. The Morgan fingerprint density at radius 2 is 1.44 bits per heavy atom. The molecule has 0 spiro atoms. The van der Waals surface area contributed by atoms with E-state index in [-0.39, 0.29) is 36.5 Å². The first-order valence-corrected chi connectivity index (χ1v) is 21.7. The normalized spacial score (nSPS) is 22.4. The zero-order chi connectivity index (χ0) is 45.1. The Hall–Kier alpha value is -5.92. The third-order valence-electron chi connectivity index (χ3n) is 11.3. The maximum absolute atomic E-state index is 14.8. The quantitative estimate of drug-likeness (QED) is 0.152. The fourth-order valence-corrected chi connectivity index (χ4v) is 7.97. The maximum Gasteiger partial charge on any atom is 0.278 e. The summed E-state index contributed by atoms with van der Waals surface area (Å²) in [7, 11) is 4.84. The number of likely N-dealkylation sites (N-methyl/N-ethyl adjacent to an activating group) is 2. The summed E-state index contributed by atoms with van der Waals surface area (Å²) in [5.74, 6) is -2.59. The minimum absolute atomic E-state index is 0.0546. The van der Waals surface area contributed by atoms with Crippen molar-refractivity contribution in [1.29, 1.82) is 0 Å². The third-order valence-corrected chi connectivity index (χ3v) is 11.3. The van der Waals surface area contributed by atoms with Crippen LogP contribution in [0.1, 0.15) is 97.6 Å². The van der Waals surface area contributed by atoms with Crippen molar-refractivity contribution < 1.29 is 38.8 Å². The van der Waals surface area contributed by atoms with Gasteiger partial charge in [-0.2, -0.15) is 0 Å². The molecule has 0 saturated carbocycles. The van der Waals surface area contributed by atoms with Crippen molar-refractivity contribution in [1.82, 2.24) is 61.9 Å². The molecule has 2 aliphatic rings. The predicted octanol–water partition coefficient (Wildman–Crippen LogP) is 0.0964. The molecule has 6 unspecified atom stereocenters. The van der Waals surface area contributed by atoms with Crippen LogP contribution < -0.4 is 42.0 Å². The maximum atomic E-state index is 14.8. The number of hydrogen-bond donors (Lipinski definition) is 7. The van der Waals surface area contributed by atoms with Crippen LogP contribution >= 0.6 is 0 Å². The second-order valence-corrected chi connectivity index (χ2v) is 17.0. The van der Waals surface area contributed by atoms with Crippen LogP contribution in [0.5, 0.6) is 5.75 Å². The van der Waals surface area contributed by atoms with E-state index in [0.717, 1.165) is 0 Å². The van der Waals surface area contributed by atoms with Gasteiger partial charge in [-0.1, -0.05) is 38.1 Å². The minimum atomic E-state index is -1.44. The highest BCUT2D eigenvalue weighted by Crippen LogP contribution is 2.41. The number of hydrogen-bond acceptors (Lipinski definition) is 11. The van der Waals surface area contributed by atoms with Gasteiger partial charge in [0.2, 0.25) is 29.5 Å². The molecule has 4 heterocycles. The lowest BCUT2D eigenvalue weighted by molar-refractivity contribution is -0.651. The molecule has 8 N–H and O–H groups in total. The number of rotatable bonds is 9. The molecule has 3 aromatic rings. The zero-order valence-corrected chi connectivity index (χ0v) is 37.1. The molecule has 1 aromatic carbocycles. The fraction of sp³-hybridized carbons (Fsp3) is 0.619. The Bertz CT molecular complexity index is 2060. The van der Waals surface area contributed by atoms with Crippen molar-refractivity contribution in [3.05, 3.63) is 30.1 Å². The smallest absolute Gasteiger partial charge is 0.278 e. The summed E-state index contributed by atoms with van der Waals surface area (Å²) in [5, 5.41) is 36.0. The molecule has 62 heavy (non-hydrogen) atoms. The summed E-state index contributed by atoms with van der Waals surface area (Å²) in [6.07, 6.45) is 6.81. The van der Waals surface area contributed by atoms with Gasteiger partial charge in [0, 0.05) is 37.7 Å². The van der Waals surface area contributed by atoms with Crippen LogP contribution in [0, 0.1) is 11.8 Å². The molecule has 6 atom stereocenters. The molecule has 2 aromatic heterocycles. The SMILES string of the molecule is CNC(=O)C1CCCCn2nncc2-c2cc3cc(c2OC)-c2cnnn2CCCCC(NC(=O)C(CC(C)C)[NH2+]C)C(=O)NC(C)C(=O)NC3C(=O)NC(CC(C)C)C(=O)N1. The number of nitrogens with one attached hydrogen (secondary N) is 6. The number of benzene rings is 1. The van der Waals surface area contributed by atoms with Gasteiger partial charge in [0.05, 0.1) is 37.9 Å². The van der Waals surface area contributed by atoms with Crippen molar-refractivity contribution in [2.75, 3.05) is 21.2 Å². The standard InChI is InChI=1S/C42H63N13O7/c1-23(2)17-31(43-6)40(59)49-30-14-10-12-16-55-34(22-46-53-55)28-20-26-19-27(36(28)62-8)33-21-45-52-54(33)15-11-9-13-29(38(57)44-7)48-41(60)32(18-24(3)4)50-42(61)35(26)51-37(56)25(5)47-39(30)58/h19-25,29-32,35,43H,9-18H2,1-8H3,(H,44,57)(H,47,58)(H,48,60)(H,49,59)(H,50,61)(H,51,56)/p+1. The van der Waals surface area contributed by atoms with Gasteiger partial charge in [-0.05, 0) is 81.4 Å². The number of aryl methyl sites for hydroxylation is 2. The van der Waals surface area contributed by atoms with Gasteiger partial charge in [0.15, 0.2) is 6.04 Å². The Morgan fingerprint density at radius 1 is 0.823 bits per heavy atom. The van der Waals surface area contributed by atoms with E-state index in [1.165, 1.54) is 21.1 Å². The number of fused-ring (bicyclic) bond motifs is 6. The Kier molecular flexibility index (Phi) is 16.5. The van der Waals surface area contributed by atoms with Crippen LogP contribution in [-0.2, 0) is 41.9 Å². The number of amides is 6. The lowest BCUT2D eigenvalue weighted by Gasteiger charge is -2.28. The van der Waals surface area contributed by atoms with E-state index < -0.39 is 59.9 Å². The summed E-state index contributed by atoms with van der Waals surface area (Å²) in [5.41, 5.74) is 2.46. The minimum Gasteiger partial charge on any atom is -0.495 e. The van der Waals surface area contributed by atoms with Gasteiger partial charge >= 0.3 is 0 Å². The molecule has 2 aliphatic heterocycles. The van der Waals surface area contributed by atoms with E-state index in [4.69, 9.17) is 4.74 Å². The highest BCUT2D eigenvalue weighted by atomic mass is 16.5. The highest BCUT2D eigenvalue weighted by Gasteiger charge is 2.35. The number of aromatic nitrogens is 6. The van der Waals surface area contributed by atoms with Gasteiger partial charge in [-0.25, -0.2) is 9.36 Å². The van der Waals surface area contributed by atoms with E-state index in [9.17, 15) is 28.8 Å². The molecule has 0 saturated heterocycles. The number of nitrogens with zero attached hydrogens (tertiary/aromatic N) is 6. The second-order valence-electron chi connectivity index (χ2n) is 17.0. The van der Waals surface area contributed by atoms with Crippen molar-refractivity contribution >= 4 is 35.4 Å². The Morgan fingerprint density at radius 3 is 1.98 bits per heavy atom. The summed E-state index contributed by atoms with van der Waals surface area (Å²) in [6.45, 7) is 10.1. The first-order chi connectivity index (χ1) is 29.6. The van der Waals surface area contributed by atoms with Crippen LogP contribution in [0.2, 0.25) is 0 Å². The number of carbonyl (C=O) groups is 6. The van der Waals surface area contributed by atoms with Crippen molar-refractivity contribution in [3.63, 3.8) is 0 Å². The first kappa shape index (κ1) is 47.1. The summed E-state index contributed by atoms with van der Waals surface area (Å²) in [4.78, 5) is 83.5. The molecule has 20 nitrogen and oxygen atoms in total. The summed E-state index contributed by atoms with van der Waals surface area (Å²) >= 11 is 0. The molecular weight excluding hydrogens is 799 g/mol. The van der Waals surface area contributed by atoms with E-state index in [1.807, 2.05) is 40.1 Å². The Balaban J connectivity index is 1.66. The Labute approximate surface area is 362 Å². The lowest BCUT2D eigenvalue weighted by Crippen LogP contribution is -2.89. The molecule has 5 rings (SSSR count). The van der Waals surface area contributed by atoms with Crippen molar-refractivity contribution in [2.24, 2.45) is 11.8 Å². The van der Waals surface area contributed by atoms with Crippen LogP contribution in [0.4, 0.5) is 0 Å². The first-order valence-electron chi connectivity index (χ1n) is 21.7. The zero-order valence-electron chi connectivity index (χ0n) is 37.1. The number of quaternary nitrogens is 1. The second kappa shape index (κ2) is 21.7. The lowest BCUT2D eigenvalue weighted by atomic mass is 9.94. The average Bonchev–Trinajstić information content (AvgIpc) is 3.91.